The number of aliphatic hydroxyl groups is 1. The number of carbonyl (C=O) groups is 2. The highest BCUT2D eigenvalue weighted by Crippen LogP contribution is 2.48. The number of hydrogen-bond donors (Lipinski definition) is 3. The van der Waals surface area contributed by atoms with Gasteiger partial charge in [-0.1, -0.05) is 0 Å². The second-order valence-corrected chi connectivity index (χ2v) is 9.15. The smallest absolute Gasteiger partial charge is 0.424 e. The van der Waals surface area contributed by atoms with Gasteiger partial charge in [-0.05, 0) is 48.5 Å². The predicted octanol–water partition coefficient (Wildman–Crippen LogP) is 3.56. The van der Waals surface area contributed by atoms with E-state index in [1.165, 1.54) is 18.2 Å². The second kappa shape index (κ2) is 9.26. The zero-order valence-corrected chi connectivity index (χ0v) is 20.5. The summed E-state index contributed by atoms with van der Waals surface area (Å²) >= 11 is 0. The van der Waals surface area contributed by atoms with Crippen LogP contribution in [0.2, 0.25) is 0 Å². The van der Waals surface area contributed by atoms with Crippen LogP contribution in [0.5, 0.6) is 5.75 Å². The summed E-state index contributed by atoms with van der Waals surface area (Å²) in [7, 11) is 0. The largest absolute Gasteiger partial charge is 0.487 e. The highest BCUT2D eigenvalue weighted by Gasteiger charge is 2.58. The molecule has 0 spiro atoms. The molecule has 0 aliphatic carbocycles. The Morgan fingerprint density at radius 1 is 1.12 bits per heavy atom. The Labute approximate surface area is 221 Å². The second-order valence-electron chi connectivity index (χ2n) is 9.15. The van der Waals surface area contributed by atoms with E-state index < -0.39 is 70.9 Å². The van der Waals surface area contributed by atoms with E-state index in [1.54, 1.807) is 6.92 Å². The van der Waals surface area contributed by atoms with Crippen molar-refractivity contribution in [3.05, 3.63) is 77.1 Å². The zero-order chi connectivity index (χ0) is 29.0. The Morgan fingerprint density at radius 2 is 1.82 bits per heavy atom. The number of fused-ring (bicyclic) bond motifs is 2. The fourth-order valence-corrected chi connectivity index (χ4v) is 4.27. The van der Waals surface area contributed by atoms with Gasteiger partial charge in [-0.3, -0.25) is 9.59 Å². The Hall–Kier alpha value is -4.59. The lowest BCUT2D eigenvalue weighted by Gasteiger charge is -2.31. The van der Waals surface area contributed by atoms with Crippen LogP contribution in [-0.2, 0) is 16.1 Å². The number of aromatic nitrogens is 2. The first-order valence-electron chi connectivity index (χ1n) is 11.6. The van der Waals surface area contributed by atoms with E-state index in [2.05, 4.69) is 9.97 Å². The number of nitrogens with two attached hydrogens (primary N) is 1. The third-order valence-corrected chi connectivity index (χ3v) is 6.48. The Kier molecular flexibility index (Phi) is 6.25. The summed E-state index contributed by atoms with van der Waals surface area (Å²) in [4.78, 5) is 32.7. The molecule has 2 amide bonds. The van der Waals surface area contributed by atoms with Crippen molar-refractivity contribution in [3.8, 4) is 17.0 Å². The van der Waals surface area contributed by atoms with Gasteiger partial charge in [0.25, 0.3) is 17.5 Å². The number of halogens is 5. The maximum Gasteiger partial charge on any atom is 0.424 e. The molecule has 208 valence electrons. The lowest BCUT2D eigenvalue weighted by Crippen LogP contribution is -2.51. The minimum absolute atomic E-state index is 0.00238. The van der Waals surface area contributed by atoms with Gasteiger partial charge in [-0.2, -0.15) is 13.2 Å². The van der Waals surface area contributed by atoms with Crippen LogP contribution in [0, 0.1) is 12.7 Å². The van der Waals surface area contributed by atoms with Crippen LogP contribution >= 0.6 is 0 Å². The predicted molar refractivity (Wildman–Crippen MR) is 128 cm³/mol. The molecule has 0 unspecified atom stereocenters. The molecule has 14 heteroatoms. The molecule has 5 rings (SSSR count). The van der Waals surface area contributed by atoms with Gasteiger partial charge in [0.15, 0.2) is 17.2 Å². The number of hydrogen-bond acceptors (Lipinski definition) is 7. The number of pyridine rings is 1. The molecule has 0 radical (unpaired) electrons. The van der Waals surface area contributed by atoms with Crippen LogP contribution < -0.4 is 15.8 Å². The number of alkyl halides is 4. The highest BCUT2D eigenvalue weighted by atomic mass is 19.4. The monoisotopic (exact) mass is 562 g/mol. The maximum atomic E-state index is 15.6. The first kappa shape index (κ1) is 27.0. The summed E-state index contributed by atoms with van der Waals surface area (Å²) in [6, 6.07) is 8.75. The average molecular weight is 562 g/mol. The van der Waals surface area contributed by atoms with Gasteiger partial charge in [0.05, 0.1) is 12.2 Å². The normalized spacial score (nSPS) is 18.2. The van der Waals surface area contributed by atoms with Crippen LogP contribution in [0.25, 0.3) is 22.4 Å². The fraction of sp³-hybridized carbons (Fsp3) is 0.231. The van der Waals surface area contributed by atoms with E-state index in [9.17, 15) is 32.3 Å². The topological polar surface area (TPSA) is 141 Å². The zero-order valence-electron chi connectivity index (χ0n) is 20.5. The van der Waals surface area contributed by atoms with E-state index in [0.29, 0.717) is 17.5 Å². The third-order valence-electron chi connectivity index (χ3n) is 6.48. The van der Waals surface area contributed by atoms with Gasteiger partial charge in [-0.25, -0.2) is 18.7 Å². The Bertz CT molecular complexity index is 1660. The summed E-state index contributed by atoms with van der Waals surface area (Å²) in [5, 5.41) is 13.0. The van der Waals surface area contributed by atoms with Gasteiger partial charge in [-0.15, -0.1) is 0 Å². The van der Waals surface area contributed by atoms with E-state index in [0.717, 1.165) is 24.3 Å². The molecule has 2 aromatic heterocycles. The quantitative estimate of drug-likeness (QED) is 0.305. The molecule has 2 aromatic carbocycles. The van der Waals surface area contributed by atoms with Gasteiger partial charge in [0.1, 0.15) is 23.6 Å². The molecule has 9 nitrogen and oxygen atoms in total. The maximum absolute atomic E-state index is 15.6. The van der Waals surface area contributed by atoms with Crippen molar-refractivity contribution in [2.75, 3.05) is 13.2 Å². The molecule has 0 bridgehead atoms. The van der Waals surface area contributed by atoms with Crippen LogP contribution in [0.15, 0.2) is 52.9 Å². The average Bonchev–Trinajstić information content (AvgIpc) is 3.45. The lowest BCUT2D eigenvalue weighted by molar-refractivity contribution is -0.265. The molecule has 40 heavy (non-hydrogen) atoms. The molecule has 0 fully saturated rings. The molecule has 1 aliphatic heterocycles. The number of carbonyl (C=O) groups excluding carboxylic acids is 2. The van der Waals surface area contributed by atoms with Crippen molar-refractivity contribution in [2.24, 2.45) is 5.73 Å². The van der Waals surface area contributed by atoms with Crippen LogP contribution in [0.4, 0.5) is 22.0 Å². The van der Waals surface area contributed by atoms with Crippen molar-refractivity contribution in [1.29, 1.82) is 0 Å². The summed E-state index contributed by atoms with van der Waals surface area (Å²) in [6.45, 7) is -0.835. The molecule has 2 atom stereocenters. The molecule has 4 N–H and O–H groups in total. The number of aryl methyl sites for hydroxylation is 1. The number of benzene rings is 2. The van der Waals surface area contributed by atoms with Gasteiger partial charge >= 0.3 is 6.18 Å². The number of rotatable bonds is 6. The SMILES string of the molecule is Cc1nc2ccc(C(=O)NC[C@](O)(c3cc4c(c(-c5ccc(F)cc5)n3)OC[C@]4(F)C(N)=O)C(F)(F)F)cc2o1. The molecular weight excluding hydrogens is 543 g/mol. The number of nitrogens with zero attached hydrogens (tertiary/aromatic N) is 2. The van der Waals surface area contributed by atoms with E-state index in [1.807, 2.05) is 5.32 Å². The Morgan fingerprint density at radius 3 is 2.48 bits per heavy atom. The highest BCUT2D eigenvalue weighted by molar-refractivity contribution is 5.97. The van der Waals surface area contributed by atoms with E-state index >= 15 is 4.39 Å². The molecule has 3 heterocycles. The Balaban J connectivity index is 1.58. The summed E-state index contributed by atoms with van der Waals surface area (Å²) in [5.74, 6) is -3.32. The van der Waals surface area contributed by atoms with Gasteiger partial charge in [0.2, 0.25) is 5.60 Å². The molecule has 0 saturated carbocycles. The van der Waals surface area contributed by atoms with Gasteiger partial charge < -0.3 is 25.3 Å². The van der Waals surface area contributed by atoms with E-state index in [-0.39, 0.29) is 16.7 Å². The number of amides is 2. The lowest BCUT2D eigenvalue weighted by atomic mass is 9.90. The van der Waals surface area contributed by atoms with Crippen LogP contribution in [0.1, 0.15) is 27.5 Å². The molecular formula is C26H19F5N4O5. The van der Waals surface area contributed by atoms with E-state index in [4.69, 9.17) is 14.9 Å². The number of nitrogens with one attached hydrogen (secondary N) is 1. The summed E-state index contributed by atoms with van der Waals surface area (Å²) in [6.07, 6.45) is -5.46. The van der Waals surface area contributed by atoms with Gasteiger partial charge in [0, 0.05) is 23.6 Å². The minimum atomic E-state index is -5.46. The molecule has 4 aromatic rings. The van der Waals surface area contributed by atoms with Crippen molar-refractivity contribution in [2.45, 2.75) is 24.4 Å². The van der Waals surface area contributed by atoms with Crippen molar-refractivity contribution in [1.82, 2.24) is 15.3 Å². The number of ether oxygens (including phenoxy) is 1. The standard InChI is InChI=1S/C26H19F5N4O5/c1-12-34-17-7-4-14(8-18(17)40-12)22(36)33-10-25(38,26(29,30)31)19-9-16-21(39-11-24(16,28)23(32)37)20(35-19)13-2-5-15(27)6-3-13/h2-9,38H,10-11H2,1H3,(H2,32,37)(H,33,36)/t24-,25+/m1/s1. The summed E-state index contributed by atoms with van der Waals surface area (Å²) < 4.78 is 82.9. The first-order chi connectivity index (χ1) is 18.7. The first-order valence-corrected chi connectivity index (χ1v) is 11.6. The number of primary amides is 1. The van der Waals surface area contributed by atoms with Crippen LogP contribution in [0.3, 0.4) is 0 Å². The van der Waals surface area contributed by atoms with Crippen molar-refractivity contribution >= 4 is 22.9 Å². The summed E-state index contributed by atoms with van der Waals surface area (Å²) in [5.41, 5.74) is -3.47. The number of oxazole rings is 1. The molecule has 1 aliphatic rings. The van der Waals surface area contributed by atoms with Crippen LogP contribution in [-0.4, -0.2) is 46.2 Å². The van der Waals surface area contributed by atoms with Crippen molar-refractivity contribution in [3.63, 3.8) is 0 Å². The molecule has 0 saturated heterocycles. The fourth-order valence-electron chi connectivity index (χ4n) is 4.27. The van der Waals surface area contributed by atoms with Crippen molar-refractivity contribution < 1.29 is 45.8 Å². The third kappa shape index (κ3) is 4.39. The minimum Gasteiger partial charge on any atom is -0.487 e.